The molecule has 1 heterocycles. The Balaban J connectivity index is 1.37. The number of carbonyl (C=O) groups excluding carboxylic acids is 1. The number of nitrogens with zero attached hydrogens (tertiary/aromatic N) is 2. The van der Waals surface area contributed by atoms with Crippen LogP contribution in [0.2, 0.25) is 0 Å². The molecule has 1 aromatic heterocycles. The molecule has 3 aromatic rings. The molecule has 2 atom stereocenters. The highest BCUT2D eigenvalue weighted by atomic mass is 19.1. The van der Waals surface area contributed by atoms with Crippen molar-refractivity contribution in [3.63, 3.8) is 0 Å². The van der Waals surface area contributed by atoms with Gasteiger partial charge in [-0.2, -0.15) is 5.10 Å². The third-order valence-corrected chi connectivity index (χ3v) is 6.71. The quantitative estimate of drug-likeness (QED) is 0.597. The van der Waals surface area contributed by atoms with Gasteiger partial charge in [-0.25, -0.2) is 9.07 Å². The Bertz CT molecular complexity index is 1200. The zero-order valence-electron chi connectivity index (χ0n) is 18.3. The lowest BCUT2D eigenvalue weighted by molar-refractivity contribution is -0.114. The van der Waals surface area contributed by atoms with Gasteiger partial charge in [0.05, 0.1) is 30.3 Å². The van der Waals surface area contributed by atoms with Crippen molar-refractivity contribution in [3.05, 3.63) is 82.9 Å². The Labute approximate surface area is 186 Å². The zero-order chi connectivity index (χ0) is 22.3. The average Bonchev–Trinajstić information content (AvgIpc) is 3.31. The minimum Gasteiger partial charge on any atom is -0.373 e. The summed E-state index contributed by atoms with van der Waals surface area (Å²) in [6.45, 7) is 4.23. The Morgan fingerprint density at radius 1 is 1.25 bits per heavy atom. The van der Waals surface area contributed by atoms with E-state index in [1.807, 2.05) is 35.1 Å². The number of anilines is 1. The number of aromatic nitrogens is 2. The Morgan fingerprint density at radius 3 is 2.81 bits per heavy atom. The van der Waals surface area contributed by atoms with Crippen LogP contribution >= 0.6 is 0 Å². The second kappa shape index (κ2) is 8.02. The van der Waals surface area contributed by atoms with E-state index >= 15 is 0 Å². The fourth-order valence-corrected chi connectivity index (χ4v) is 5.01. The summed E-state index contributed by atoms with van der Waals surface area (Å²) >= 11 is 0. The third kappa shape index (κ3) is 3.65. The minimum atomic E-state index is -0.253. The van der Waals surface area contributed by atoms with E-state index < -0.39 is 0 Å². The lowest BCUT2D eigenvalue weighted by Gasteiger charge is -2.35. The van der Waals surface area contributed by atoms with Crippen LogP contribution in [-0.4, -0.2) is 21.8 Å². The average molecular weight is 432 g/mol. The molecule has 32 heavy (non-hydrogen) atoms. The number of halogens is 1. The Morgan fingerprint density at radius 2 is 2.03 bits per heavy atom. The predicted molar refractivity (Wildman–Crippen MR) is 122 cm³/mol. The molecule has 1 unspecified atom stereocenters. The smallest absolute Gasteiger partial charge is 0.221 e. The van der Waals surface area contributed by atoms with Crippen LogP contribution in [0.3, 0.4) is 0 Å². The van der Waals surface area contributed by atoms with Gasteiger partial charge in [0.2, 0.25) is 5.91 Å². The molecule has 0 saturated heterocycles. The number of rotatable bonds is 5. The maximum Gasteiger partial charge on any atom is 0.221 e. The van der Waals surface area contributed by atoms with Crippen LogP contribution in [0.5, 0.6) is 0 Å². The molecule has 0 spiro atoms. The van der Waals surface area contributed by atoms with Crippen LogP contribution in [0.15, 0.2) is 60.3 Å². The minimum absolute atomic E-state index is 0.0847. The van der Waals surface area contributed by atoms with Crippen molar-refractivity contribution in [1.82, 2.24) is 9.78 Å². The van der Waals surface area contributed by atoms with Crippen LogP contribution in [0.25, 0.3) is 11.8 Å². The first-order valence-corrected chi connectivity index (χ1v) is 10.9. The maximum atomic E-state index is 13.3. The number of hydrogen-bond donors (Lipinski definition) is 1. The first-order chi connectivity index (χ1) is 15.4. The molecule has 2 aromatic carbocycles. The van der Waals surface area contributed by atoms with E-state index in [0.29, 0.717) is 6.61 Å². The van der Waals surface area contributed by atoms with Crippen LogP contribution in [0, 0.1) is 11.2 Å². The van der Waals surface area contributed by atoms with Crippen molar-refractivity contribution >= 4 is 17.7 Å². The zero-order valence-corrected chi connectivity index (χ0v) is 18.3. The fraction of sp³-hybridized carbons (Fsp3) is 0.308. The maximum absolute atomic E-state index is 13.3. The summed E-state index contributed by atoms with van der Waals surface area (Å²) in [6.07, 6.45) is 7.03. The number of ether oxygens (including phenoxy) is 1. The van der Waals surface area contributed by atoms with E-state index in [1.165, 1.54) is 30.2 Å². The molecule has 0 aliphatic heterocycles. The highest BCUT2D eigenvalue weighted by molar-refractivity contribution is 5.89. The number of nitrogens with one attached hydrogen (secondary N) is 1. The van der Waals surface area contributed by atoms with Crippen molar-refractivity contribution < 1.29 is 13.9 Å². The van der Waals surface area contributed by atoms with E-state index in [-0.39, 0.29) is 23.2 Å². The van der Waals surface area contributed by atoms with E-state index in [9.17, 15) is 9.18 Å². The van der Waals surface area contributed by atoms with Gasteiger partial charge in [-0.3, -0.25) is 4.79 Å². The molecule has 1 saturated carbocycles. The molecular formula is C26H26FN3O2. The first-order valence-electron chi connectivity index (χ1n) is 10.9. The van der Waals surface area contributed by atoms with Gasteiger partial charge in [0.15, 0.2) is 0 Å². The standard InChI is InChI=1S/C26H26FN3O2/c1-17(31)29-23-6-4-3-5-18(23)16-32-25-12-7-20-13-24-19(14-26(20,25)2)15-28-30(24)22-10-8-21(27)9-11-22/h3-6,8-11,13,15,25H,7,12,14,16H2,1-2H3,(H,29,31)/t25?,26-/m0/s1. The molecule has 2 aliphatic carbocycles. The number of amides is 1. The van der Waals surface area contributed by atoms with E-state index in [2.05, 4.69) is 23.4 Å². The normalized spacial score (nSPS) is 21.6. The molecule has 1 fully saturated rings. The first kappa shape index (κ1) is 20.6. The van der Waals surface area contributed by atoms with Crippen LogP contribution in [0.1, 0.15) is 43.5 Å². The molecule has 5 rings (SSSR count). The Kier molecular flexibility index (Phi) is 5.18. The van der Waals surface area contributed by atoms with Crippen LogP contribution in [-0.2, 0) is 22.6 Å². The van der Waals surface area contributed by atoms with Crippen LogP contribution in [0.4, 0.5) is 10.1 Å². The monoisotopic (exact) mass is 431 g/mol. The number of carbonyl (C=O) groups is 1. The number of fused-ring (bicyclic) bond motifs is 2. The van der Waals surface area contributed by atoms with Gasteiger partial charge in [0.25, 0.3) is 0 Å². The van der Waals surface area contributed by atoms with Crippen molar-refractivity contribution in [1.29, 1.82) is 0 Å². The molecule has 0 radical (unpaired) electrons. The summed E-state index contributed by atoms with van der Waals surface area (Å²) in [6, 6.07) is 14.2. The van der Waals surface area contributed by atoms with Gasteiger partial charge in [-0.15, -0.1) is 0 Å². The molecule has 2 aliphatic rings. The molecule has 6 heteroatoms. The lowest BCUT2D eigenvalue weighted by Crippen LogP contribution is -2.34. The number of para-hydroxylation sites is 1. The summed E-state index contributed by atoms with van der Waals surface area (Å²) in [5, 5.41) is 7.47. The van der Waals surface area contributed by atoms with Gasteiger partial charge in [0.1, 0.15) is 5.82 Å². The SMILES string of the molecule is CC(=O)Nc1ccccc1COC1CCC2=Cc3c(cnn3-c3ccc(F)cc3)C[C@@]21C. The Hall–Kier alpha value is -3.25. The summed E-state index contributed by atoms with van der Waals surface area (Å²) < 4.78 is 21.7. The predicted octanol–water partition coefficient (Wildman–Crippen LogP) is 5.29. The van der Waals surface area contributed by atoms with E-state index in [0.717, 1.165) is 41.9 Å². The highest BCUT2D eigenvalue weighted by Crippen LogP contribution is 2.51. The van der Waals surface area contributed by atoms with Gasteiger partial charge < -0.3 is 10.1 Å². The number of benzene rings is 2. The lowest BCUT2D eigenvalue weighted by atomic mass is 9.74. The van der Waals surface area contributed by atoms with Crippen LogP contribution < -0.4 is 5.32 Å². The van der Waals surface area contributed by atoms with Gasteiger partial charge >= 0.3 is 0 Å². The summed E-state index contributed by atoms with van der Waals surface area (Å²) in [4.78, 5) is 11.5. The number of hydrogen-bond acceptors (Lipinski definition) is 3. The van der Waals surface area contributed by atoms with Crippen molar-refractivity contribution in [3.8, 4) is 5.69 Å². The third-order valence-electron chi connectivity index (χ3n) is 6.71. The fourth-order valence-electron chi connectivity index (χ4n) is 5.01. The molecule has 1 amide bonds. The van der Waals surface area contributed by atoms with Gasteiger partial charge in [-0.1, -0.05) is 30.7 Å². The molecule has 5 nitrogen and oxygen atoms in total. The van der Waals surface area contributed by atoms with Gasteiger partial charge in [0, 0.05) is 23.6 Å². The largest absolute Gasteiger partial charge is 0.373 e. The topological polar surface area (TPSA) is 56.1 Å². The second-order valence-electron chi connectivity index (χ2n) is 8.88. The summed E-state index contributed by atoms with van der Waals surface area (Å²) in [5.41, 5.74) is 6.15. The molecular weight excluding hydrogens is 405 g/mol. The molecule has 164 valence electrons. The second-order valence-corrected chi connectivity index (χ2v) is 8.88. The van der Waals surface area contributed by atoms with Crippen molar-refractivity contribution in [2.45, 2.75) is 45.8 Å². The van der Waals surface area contributed by atoms with Gasteiger partial charge in [-0.05, 0) is 61.2 Å². The van der Waals surface area contributed by atoms with E-state index in [4.69, 9.17) is 4.74 Å². The highest BCUT2D eigenvalue weighted by Gasteiger charge is 2.46. The molecule has 0 bridgehead atoms. The summed E-state index contributed by atoms with van der Waals surface area (Å²) in [5.74, 6) is -0.343. The van der Waals surface area contributed by atoms with E-state index in [1.54, 1.807) is 12.1 Å². The van der Waals surface area contributed by atoms with Crippen molar-refractivity contribution in [2.75, 3.05) is 5.32 Å². The molecule has 1 N–H and O–H groups in total. The summed E-state index contributed by atoms with van der Waals surface area (Å²) in [7, 11) is 0. The van der Waals surface area contributed by atoms with Crippen molar-refractivity contribution in [2.24, 2.45) is 5.41 Å².